The molecule has 2 amide bonds. The summed E-state index contributed by atoms with van der Waals surface area (Å²) < 4.78 is 2.01. The van der Waals surface area contributed by atoms with E-state index in [9.17, 15) is 9.59 Å². The van der Waals surface area contributed by atoms with Crippen molar-refractivity contribution in [2.75, 3.05) is 12.3 Å². The second-order valence-electron chi connectivity index (χ2n) is 7.87. The van der Waals surface area contributed by atoms with E-state index < -0.39 is 6.04 Å². The maximum absolute atomic E-state index is 13.5. The van der Waals surface area contributed by atoms with Crippen LogP contribution in [-0.4, -0.2) is 35.1 Å². The van der Waals surface area contributed by atoms with Gasteiger partial charge in [-0.3, -0.25) is 9.59 Å². The first-order valence-electron chi connectivity index (χ1n) is 11.1. The summed E-state index contributed by atoms with van der Waals surface area (Å²) in [4.78, 5) is 28.4. The van der Waals surface area contributed by atoms with Gasteiger partial charge in [-0.05, 0) is 47.9 Å². The van der Waals surface area contributed by atoms with E-state index in [4.69, 9.17) is 0 Å². The number of nitrogens with one attached hydrogen (secondary N) is 1. The van der Waals surface area contributed by atoms with Crippen molar-refractivity contribution in [1.29, 1.82) is 0 Å². The van der Waals surface area contributed by atoms with Gasteiger partial charge < -0.3 is 10.2 Å². The highest BCUT2D eigenvalue weighted by Crippen LogP contribution is 2.20. The number of rotatable bonds is 11. The minimum absolute atomic E-state index is 0.0442. The van der Waals surface area contributed by atoms with Crippen molar-refractivity contribution >= 4 is 55.4 Å². The van der Waals surface area contributed by atoms with E-state index in [2.05, 4.69) is 37.2 Å². The minimum atomic E-state index is -0.591. The van der Waals surface area contributed by atoms with Crippen LogP contribution in [0.4, 0.5) is 0 Å². The average molecular weight is 604 g/mol. The largest absolute Gasteiger partial charge is 0.355 e. The molecule has 1 atom stereocenters. The van der Waals surface area contributed by atoms with Gasteiger partial charge in [0.2, 0.25) is 11.8 Å². The van der Waals surface area contributed by atoms with Crippen molar-refractivity contribution in [3.8, 4) is 0 Å². The third-order valence-electron chi connectivity index (χ3n) is 5.30. The second-order valence-corrected chi connectivity index (χ2v) is 10.7. The van der Waals surface area contributed by atoms with Gasteiger partial charge in [0.1, 0.15) is 6.04 Å². The molecule has 3 aromatic rings. The summed E-state index contributed by atoms with van der Waals surface area (Å²) in [6.45, 7) is 2.79. The number of carbonyl (C=O) groups excluding carboxylic acids is 2. The Labute approximate surface area is 222 Å². The van der Waals surface area contributed by atoms with Crippen LogP contribution in [0.5, 0.6) is 0 Å². The fourth-order valence-corrected chi connectivity index (χ4v) is 4.95. The van der Waals surface area contributed by atoms with Crippen LogP contribution in [0.2, 0.25) is 0 Å². The number of halogens is 2. The Bertz CT molecular complexity index is 1060. The number of thioether (sulfide) groups is 1. The molecule has 0 aliphatic heterocycles. The zero-order chi connectivity index (χ0) is 24.3. The SMILES string of the molecule is CCNC(=O)[C@H](Cc1ccccc1)N(Cc1ccc(Br)cc1)C(=O)CSCc1ccc(Br)cc1. The van der Waals surface area contributed by atoms with Gasteiger partial charge in [0.25, 0.3) is 0 Å². The molecule has 178 valence electrons. The monoisotopic (exact) mass is 602 g/mol. The minimum Gasteiger partial charge on any atom is -0.355 e. The Kier molecular flexibility index (Phi) is 10.7. The third-order valence-corrected chi connectivity index (χ3v) is 7.34. The van der Waals surface area contributed by atoms with Crippen molar-refractivity contribution < 1.29 is 9.59 Å². The number of amides is 2. The highest BCUT2D eigenvalue weighted by molar-refractivity contribution is 9.10. The van der Waals surface area contributed by atoms with Crippen LogP contribution in [-0.2, 0) is 28.3 Å². The quantitative estimate of drug-likeness (QED) is 0.283. The summed E-state index contributed by atoms with van der Waals surface area (Å²) >= 11 is 8.48. The van der Waals surface area contributed by atoms with Gasteiger partial charge in [-0.25, -0.2) is 0 Å². The van der Waals surface area contributed by atoms with Gasteiger partial charge >= 0.3 is 0 Å². The lowest BCUT2D eigenvalue weighted by Gasteiger charge is -2.31. The van der Waals surface area contributed by atoms with E-state index in [1.165, 1.54) is 0 Å². The molecule has 0 saturated carbocycles. The molecular formula is C27H28Br2N2O2S. The molecule has 0 aliphatic carbocycles. The maximum atomic E-state index is 13.5. The molecule has 0 aliphatic rings. The smallest absolute Gasteiger partial charge is 0.243 e. The summed E-state index contributed by atoms with van der Waals surface area (Å²) in [6, 6.07) is 25.3. The Morgan fingerprint density at radius 2 is 1.44 bits per heavy atom. The molecule has 0 radical (unpaired) electrons. The predicted octanol–water partition coefficient (Wildman–Crippen LogP) is 6.22. The Hall–Kier alpha value is -2.09. The molecule has 0 heterocycles. The number of nitrogens with zero attached hydrogens (tertiary/aromatic N) is 1. The molecule has 4 nitrogen and oxygen atoms in total. The number of hydrogen-bond donors (Lipinski definition) is 1. The fraction of sp³-hybridized carbons (Fsp3) is 0.259. The molecule has 34 heavy (non-hydrogen) atoms. The number of likely N-dealkylation sites (N-methyl/N-ethyl adjacent to an activating group) is 1. The van der Waals surface area contributed by atoms with Gasteiger partial charge in [0, 0.05) is 34.2 Å². The van der Waals surface area contributed by atoms with Crippen molar-refractivity contribution in [1.82, 2.24) is 10.2 Å². The highest BCUT2D eigenvalue weighted by Gasteiger charge is 2.30. The summed E-state index contributed by atoms with van der Waals surface area (Å²) in [7, 11) is 0. The van der Waals surface area contributed by atoms with Crippen LogP contribution in [0, 0.1) is 0 Å². The summed E-state index contributed by atoms with van der Waals surface area (Å²) in [5.41, 5.74) is 3.16. The van der Waals surface area contributed by atoms with Gasteiger partial charge in [-0.1, -0.05) is 86.5 Å². The zero-order valence-electron chi connectivity index (χ0n) is 19.0. The lowest BCUT2D eigenvalue weighted by atomic mass is 10.0. The molecular weight excluding hydrogens is 576 g/mol. The first kappa shape index (κ1) is 26.5. The molecule has 0 saturated heterocycles. The number of benzene rings is 3. The van der Waals surface area contributed by atoms with Crippen LogP contribution in [0.3, 0.4) is 0 Å². The Balaban J connectivity index is 1.81. The first-order valence-corrected chi connectivity index (χ1v) is 13.9. The van der Waals surface area contributed by atoms with Crippen molar-refractivity contribution in [2.24, 2.45) is 0 Å². The van der Waals surface area contributed by atoms with Crippen molar-refractivity contribution in [3.63, 3.8) is 0 Å². The molecule has 3 rings (SSSR count). The van der Waals surface area contributed by atoms with Crippen LogP contribution < -0.4 is 5.32 Å². The zero-order valence-corrected chi connectivity index (χ0v) is 23.0. The standard InChI is InChI=1S/C27H28Br2N2O2S/c1-2-30-27(33)25(16-20-6-4-3-5-7-20)31(17-21-8-12-23(28)13-9-21)26(32)19-34-18-22-10-14-24(29)15-11-22/h3-15,25H,2,16-19H2,1H3,(H,30,33)/t25-/m0/s1. The molecule has 0 bridgehead atoms. The van der Waals surface area contributed by atoms with Crippen LogP contribution in [0.25, 0.3) is 0 Å². The summed E-state index contributed by atoms with van der Waals surface area (Å²) in [6.07, 6.45) is 0.465. The molecule has 0 spiro atoms. The van der Waals surface area contributed by atoms with E-state index in [0.29, 0.717) is 25.3 Å². The molecule has 1 N–H and O–H groups in total. The maximum Gasteiger partial charge on any atom is 0.243 e. The highest BCUT2D eigenvalue weighted by atomic mass is 79.9. The van der Waals surface area contributed by atoms with Crippen LogP contribution in [0.15, 0.2) is 87.8 Å². The van der Waals surface area contributed by atoms with Crippen molar-refractivity contribution in [3.05, 3.63) is 104 Å². The fourth-order valence-electron chi connectivity index (χ4n) is 3.55. The summed E-state index contributed by atoms with van der Waals surface area (Å²) in [5.74, 6) is 0.861. The van der Waals surface area contributed by atoms with Crippen LogP contribution in [0.1, 0.15) is 23.6 Å². The van der Waals surface area contributed by atoms with Crippen molar-refractivity contribution in [2.45, 2.75) is 31.7 Å². The number of hydrogen-bond acceptors (Lipinski definition) is 3. The van der Waals surface area contributed by atoms with Gasteiger partial charge in [0.15, 0.2) is 0 Å². The average Bonchev–Trinajstić information content (AvgIpc) is 2.84. The first-order chi connectivity index (χ1) is 16.5. The molecule has 7 heteroatoms. The molecule has 0 unspecified atom stereocenters. The second kappa shape index (κ2) is 13.7. The van der Waals surface area contributed by atoms with E-state index in [-0.39, 0.29) is 11.8 Å². The lowest BCUT2D eigenvalue weighted by molar-refractivity contribution is -0.139. The molecule has 0 aromatic heterocycles. The van der Waals surface area contributed by atoms with E-state index in [0.717, 1.165) is 31.4 Å². The lowest BCUT2D eigenvalue weighted by Crippen LogP contribution is -2.51. The normalized spacial score (nSPS) is 11.6. The summed E-state index contributed by atoms with van der Waals surface area (Å²) in [5, 5.41) is 2.93. The van der Waals surface area contributed by atoms with E-state index in [1.54, 1.807) is 16.7 Å². The van der Waals surface area contributed by atoms with Gasteiger partial charge in [-0.2, -0.15) is 0 Å². The third kappa shape index (κ3) is 8.29. The Morgan fingerprint density at radius 1 is 0.853 bits per heavy atom. The van der Waals surface area contributed by atoms with Gasteiger partial charge in [0.05, 0.1) is 5.75 Å². The van der Waals surface area contributed by atoms with E-state index in [1.807, 2.05) is 85.8 Å². The van der Waals surface area contributed by atoms with Crippen LogP contribution >= 0.6 is 43.6 Å². The number of carbonyl (C=O) groups is 2. The topological polar surface area (TPSA) is 49.4 Å². The predicted molar refractivity (Wildman–Crippen MR) is 148 cm³/mol. The van der Waals surface area contributed by atoms with Gasteiger partial charge in [-0.15, -0.1) is 11.8 Å². The molecule has 3 aromatic carbocycles. The van der Waals surface area contributed by atoms with E-state index >= 15 is 0 Å². The Morgan fingerprint density at radius 3 is 2.03 bits per heavy atom. The molecule has 0 fully saturated rings.